The number of benzene rings is 1. The summed E-state index contributed by atoms with van der Waals surface area (Å²) in [4.78, 5) is 17.9. The molecule has 2 aromatic heterocycles. The van der Waals surface area contributed by atoms with Crippen LogP contribution in [-0.4, -0.2) is 65.9 Å². The molecule has 9 heteroatoms. The first-order valence-electron chi connectivity index (χ1n) is 11.5. The molecule has 34 heavy (non-hydrogen) atoms. The monoisotopic (exact) mass is 462 g/mol. The van der Waals surface area contributed by atoms with Crippen molar-refractivity contribution in [1.29, 1.82) is 0 Å². The molecule has 0 saturated carbocycles. The maximum atomic E-state index is 13.3. The zero-order chi connectivity index (χ0) is 22.9. The van der Waals surface area contributed by atoms with E-state index in [1.807, 2.05) is 30.3 Å². The first kappa shape index (κ1) is 21.0. The minimum absolute atomic E-state index is 0.0350. The summed E-state index contributed by atoms with van der Waals surface area (Å²) in [5, 5.41) is 6.19. The van der Waals surface area contributed by atoms with E-state index >= 15 is 0 Å². The molecule has 9 nitrogen and oxygen atoms in total. The van der Waals surface area contributed by atoms with E-state index in [9.17, 15) is 4.79 Å². The molecule has 0 N–H and O–H groups in total. The van der Waals surface area contributed by atoms with Gasteiger partial charge in [-0.25, -0.2) is 5.01 Å². The van der Waals surface area contributed by atoms with Crippen molar-refractivity contribution in [2.45, 2.75) is 19.0 Å². The molecule has 1 saturated heterocycles. The summed E-state index contributed by atoms with van der Waals surface area (Å²) in [6.45, 7) is 4.89. The average molecular weight is 463 g/mol. The molecular formula is C25H26N4O5. The van der Waals surface area contributed by atoms with Crippen LogP contribution in [0.25, 0.3) is 0 Å². The van der Waals surface area contributed by atoms with E-state index in [-0.39, 0.29) is 18.7 Å². The predicted molar refractivity (Wildman–Crippen MR) is 122 cm³/mol. The third kappa shape index (κ3) is 4.20. The Kier molecular flexibility index (Phi) is 5.56. The molecule has 176 valence electrons. The molecule has 0 bridgehead atoms. The number of rotatable bonds is 6. The molecule has 0 spiro atoms. The summed E-state index contributed by atoms with van der Waals surface area (Å²) >= 11 is 0. The van der Waals surface area contributed by atoms with Crippen LogP contribution in [0, 0.1) is 0 Å². The number of carbonyl (C=O) groups excluding carboxylic acids is 1. The molecule has 1 amide bonds. The van der Waals surface area contributed by atoms with Crippen molar-refractivity contribution in [3.05, 3.63) is 72.1 Å². The van der Waals surface area contributed by atoms with Crippen molar-refractivity contribution >= 4 is 11.6 Å². The van der Waals surface area contributed by atoms with E-state index in [1.54, 1.807) is 17.5 Å². The van der Waals surface area contributed by atoms with Gasteiger partial charge in [-0.05, 0) is 42.0 Å². The van der Waals surface area contributed by atoms with Gasteiger partial charge in [0.25, 0.3) is 5.91 Å². The fourth-order valence-corrected chi connectivity index (χ4v) is 4.70. The molecule has 5 heterocycles. The van der Waals surface area contributed by atoms with Gasteiger partial charge in [-0.1, -0.05) is 6.07 Å². The topological polar surface area (TPSA) is 83.9 Å². The zero-order valence-electron chi connectivity index (χ0n) is 18.8. The summed E-state index contributed by atoms with van der Waals surface area (Å²) in [5.41, 5.74) is 1.96. The Labute approximate surface area is 197 Å². The maximum Gasteiger partial charge on any atom is 0.257 e. The van der Waals surface area contributed by atoms with Crippen molar-refractivity contribution in [1.82, 2.24) is 14.8 Å². The minimum Gasteiger partial charge on any atom is -0.467 e. The first-order valence-corrected chi connectivity index (χ1v) is 11.5. The number of furan rings is 2. The normalized spacial score (nSPS) is 20.6. The molecule has 6 rings (SSSR count). The largest absolute Gasteiger partial charge is 0.467 e. The highest BCUT2D eigenvalue weighted by molar-refractivity contribution is 6.01. The lowest BCUT2D eigenvalue weighted by atomic mass is 10.1. The van der Waals surface area contributed by atoms with Gasteiger partial charge in [-0.3, -0.25) is 14.6 Å². The summed E-state index contributed by atoms with van der Waals surface area (Å²) in [6, 6.07) is 13.3. The Morgan fingerprint density at radius 2 is 1.74 bits per heavy atom. The zero-order valence-corrected chi connectivity index (χ0v) is 18.8. The number of piperazine rings is 1. The Bertz CT molecular complexity index is 1170. The number of carbonyl (C=O) groups is 1. The smallest absolute Gasteiger partial charge is 0.257 e. The third-order valence-electron chi connectivity index (χ3n) is 6.51. The molecule has 3 aliphatic rings. The molecule has 3 aliphatic heterocycles. The van der Waals surface area contributed by atoms with Crippen LogP contribution in [0.1, 0.15) is 29.5 Å². The SMILES string of the molecule is O=C(CN1CCN(Cc2ccc3c(c2)OCO3)CC1)N1N=C(c2ccco2)C[C@H]1c1ccco1. The van der Waals surface area contributed by atoms with Gasteiger partial charge < -0.3 is 18.3 Å². The number of nitrogens with zero attached hydrogens (tertiary/aromatic N) is 4. The summed E-state index contributed by atoms with van der Waals surface area (Å²) in [6.07, 6.45) is 3.81. The van der Waals surface area contributed by atoms with Gasteiger partial charge in [0, 0.05) is 39.1 Å². The van der Waals surface area contributed by atoms with E-state index in [1.165, 1.54) is 5.56 Å². The van der Waals surface area contributed by atoms with Crippen LogP contribution in [0.3, 0.4) is 0 Å². The van der Waals surface area contributed by atoms with Crippen molar-refractivity contribution in [3.8, 4) is 11.5 Å². The second kappa shape index (κ2) is 9.00. The molecule has 1 fully saturated rings. The van der Waals surface area contributed by atoms with Gasteiger partial charge in [0.15, 0.2) is 11.5 Å². The maximum absolute atomic E-state index is 13.3. The van der Waals surface area contributed by atoms with Crippen molar-refractivity contribution < 1.29 is 23.1 Å². The van der Waals surface area contributed by atoms with Crippen LogP contribution in [0.4, 0.5) is 0 Å². The van der Waals surface area contributed by atoms with Gasteiger partial charge >= 0.3 is 0 Å². The molecule has 0 aliphatic carbocycles. The first-order chi connectivity index (χ1) is 16.7. The lowest BCUT2D eigenvalue weighted by Crippen LogP contribution is -2.49. The Balaban J connectivity index is 1.07. The van der Waals surface area contributed by atoms with Gasteiger partial charge in [0.1, 0.15) is 23.3 Å². The lowest BCUT2D eigenvalue weighted by Gasteiger charge is -2.35. The van der Waals surface area contributed by atoms with E-state index in [2.05, 4.69) is 27.0 Å². The summed E-state index contributed by atoms with van der Waals surface area (Å²) < 4.78 is 22.0. The minimum atomic E-state index is -0.255. The molecule has 0 radical (unpaired) electrons. The van der Waals surface area contributed by atoms with E-state index in [0.29, 0.717) is 18.7 Å². The molecule has 1 atom stereocenters. The third-order valence-corrected chi connectivity index (χ3v) is 6.51. The van der Waals surface area contributed by atoms with E-state index in [4.69, 9.17) is 18.3 Å². The second-order valence-corrected chi connectivity index (χ2v) is 8.74. The van der Waals surface area contributed by atoms with Crippen LogP contribution in [-0.2, 0) is 11.3 Å². The highest BCUT2D eigenvalue weighted by atomic mass is 16.7. The van der Waals surface area contributed by atoms with Crippen LogP contribution >= 0.6 is 0 Å². The van der Waals surface area contributed by atoms with E-state index in [0.717, 1.165) is 55.7 Å². The second-order valence-electron chi connectivity index (χ2n) is 8.74. The molecule has 3 aromatic rings. The quantitative estimate of drug-likeness (QED) is 0.557. The highest BCUT2D eigenvalue weighted by Gasteiger charge is 2.36. The molecular weight excluding hydrogens is 436 g/mol. The Morgan fingerprint density at radius 3 is 2.53 bits per heavy atom. The number of hydrogen-bond donors (Lipinski definition) is 0. The van der Waals surface area contributed by atoms with Crippen molar-refractivity contribution in [2.75, 3.05) is 39.5 Å². The number of ether oxygens (including phenoxy) is 2. The standard InChI is InChI=1S/C25H26N4O5/c30-25(29-20(22-4-2-12-32-22)14-19(26-29)21-3-1-11-31-21)16-28-9-7-27(8-10-28)15-18-5-6-23-24(13-18)34-17-33-23/h1-6,11-13,20H,7-10,14-17H2/t20-/m0/s1. The highest BCUT2D eigenvalue weighted by Crippen LogP contribution is 2.34. The average Bonchev–Trinajstić information content (AvgIpc) is 3.66. The van der Waals surface area contributed by atoms with Crippen molar-refractivity contribution in [3.63, 3.8) is 0 Å². The number of hydrazone groups is 1. The predicted octanol–water partition coefficient (Wildman–Crippen LogP) is 3.10. The molecule has 1 aromatic carbocycles. The lowest BCUT2D eigenvalue weighted by molar-refractivity contribution is -0.135. The number of hydrogen-bond acceptors (Lipinski definition) is 8. The number of fused-ring (bicyclic) bond motifs is 1. The molecule has 0 unspecified atom stereocenters. The Hall–Kier alpha value is -3.56. The van der Waals surface area contributed by atoms with Gasteiger partial charge in [-0.15, -0.1) is 0 Å². The van der Waals surface area contributed by atoms with E-state index < -0.39 is 0 Å². The fraction of sp³-hybridized carbons (Fsp3) is 0.360. The number of amides is 1. The Morgan fingerprint density at radius 1 is 0.941 bits per heavy atom. The van der Waals surface area contributed by atoms with Gasteiger partial charge in [0.05, 0.1) is 19.1 Å². The van der Waals surface area contributed by atoms with Crippen LogP contribution in [0.15, 0.2) is 68.9 Å². The van der Waals surface area contributed by atoms with Crippen molar-refractivity contribution in [2.24, 2.45) is 5.10 Å². The van der Waals surface area contributed by atoms with Crippen LogP contribution < -0.4 is 9.47 Å². The van der Waals surface area contributed by atoms with Gasteiger partial charge in [0.2, 0.25) is 6.79 Å². The summed E-state index contributed by atoms with van der Waals surface area (Å²) in [5.74, 6) is 3.00. The van der Waals surface area contributed by atoms with Crippen LogP contribution in [0.5, 0.6) is 11.5 Å². The van der Waals surface area contributed by atoms with Crippen LogP contribution in [0.2, 0.25) is 0 Å². The fourth-order valence-electron chi connectivity index (χ4n) is 4.70. The van der Waals surface area contributed by atoms with Gasteiger partial charge in [-0.2, -0.15) is 5.10 Å². The summed E-state index contributed by atoms with van der Waals surface area (Å²) in [7, 11) is 0.